The van der Waals surface area contributed by atoms with Gasteiger partial charge in [-0.3, -0.25) is 0 Å². The Morgan fingerprint density at radius 1 is 0.286 bits per heavy atom. The van der Waals surface area contributed by atoms with Crippen molar-refractivity contribution in [3.63, 3.8) is 0 Å². The van der Waals surface area contributed by atoms with Gasteiger partial charge in [0.2, 0.25) is 0 Å². The van der Waals surface area contributed by atoms with Gasteiger partial charge in [0, 0.05) is 17.1 Å². The first kappa shape index (κ1) is 30.2. The fraction of sp³-hybridized carbons (Fsp3) is 0.0417. The summed E-state index contributed by atoms with van der Waals surface area (Å²) >= 11 is 0. The summed E-state index contributed by atoms with van der Waals surface area (Å²) in [6, 6.07) is 68.1. The Labute approximate surface area is 289 Å². The van der Waals surface area contributed by atoms with E-state index in [1.54, 1.807) is 0 Å². The number of hydrogen-bond donors (Lipinski definition) is 0. The predicted molar refractivity (Wildman–Crippen MR) is 210 cm³/mol. The van der Waals surface area contributed by atoms with Crippen molar-refractivity contribution in [2.24, 2.45) is 0 Å². The third-order valence-corrected chi connectivity index (χ3v) is 9.54. The molecule has 0 saturated carbocycles. The molecule has 0 amide bonds. The molecule has 0 saturated heterocycles. The molecule has 0 spiro atoms. The molecule has 0 aromatic heterocycles. The van der Waals surface area contributed by atoms with Gasteiger partial charge in [-0.05, 0) is 123 Å². The third kappa shape index (κ3) is 6.04. The lowest BCUT2D eigenvalue weighted by Gasteiger charge is -2.28. The van der Waals surface area contributed by atoms with E-state index >= 15 is 0 Å². The standard InChI is InChI=1S/C48H37N/c1-34-13-9-12-20-45(34)46-29-27-43(31-35(46)2)49(42-25-23-38(24-26-42)36-14-5-3-6-15-36)44-28-30-47(48(33-44)39-17-7-4-8-18-39)41-22-21-37-16-10-11-19-40(37)32-41/h3-33H,1-2H3. The van der Waals surface area contributed by atoms with Crippen LogP contribution in [-0.2, 0) is 0 Å². The first-order valence-corrected chi connectivity index (χ1v) is 16.9. The van der Waals surface area contributed by atoms with Crippen molar-refractivity contribution in [2.75, 3.05) is 4.90 Å². The number of anilines is 3. The average molecular weight is 628 g/mol. The van der Waals surface area contributed by atoms with Gasteiger partial charge in [0.05, 0.1) is 0 Å². The number of fused-ring (bicyclic) bond motifs is 1. The number of rotatable bonds is 7. The first-order valence-electron chi connectivity index (χ1n) is 16.9. The Morgan fingerprint density at radius 2 is 0.816 bits per heavy atom. The van der Waals surface area contributed by atoms with Gasteiger partial charge in [0.15, 0.2) is 0 Å². The maximum absolute atomic E-state index is 2.39. The minimum atomic E-state index is 1.11. The van der Waals surface area contributed by atoms with Crippen LogP contribution in [0.2, 0.25) is 0 Å². The molecule has 0 aliphatic rings. The van der Waals surface area contributed by atoms with E-state index in [0.717, 1.165) is 17.1 Å². The maximum atomic E-state index is 2.39. The summed E-state index contributed by atoms with van der Waals surface area (Å²) in [5.74, 6) is 0. The second-order valence-corrected chi connectivity index (χ2v) is 12.7. The summed E-state index contributed by atoms with van der Waals surface area (Å²) in [5.41, 5.74) is 15.6. The summed E-state index contributed by atoms with van der Waals surface area (Å²) in [5, 5.41) is 2.49. The molecule has 0 heterocycles. The Morgan fingerprint density at radius 3 is 1.53 bits per heavy atom. The smallest absolute Gasteiger partial charge is 0.0468 e. The van der Waals surface area contributed by atoms with Gasteiger partial charge >= 0.3 is 0 Å². The van der Waals surface area contributed by atoms with Gasteiger partial charge in [-0.1, -0.05) is 146 Å². The second kappa shape index (κ2) is 13.1. The molecule has 1 nitrogen and oxygen atoms in total. The van der Waals surface area contributed by atoms with Crippen LogP contribution in [-0.4, -0.2) is 0 Å². The van der Waals surface area contributed by atoms with E-state index in [1.165, 1.54) is 66.4 Å². The maximum Gasteiger partial charge on any atom is 0.0468 e. The van der Waals surface area contributed by atoms with E-state index in [4.69, 9.17) is 0 Å². The van der Waals surface area contributed by atoms with Gasteiger partial charge < -0.3 is 4.90 Å². The molecule has 234 valence electrons. The lowest BCUT2D eigenvalue weighted by Crippen LogP contribution is -2.10. The largest absolute Gasteiger partial charge is 0.310 e. The highest BCUT2D eigenvalue weighted by Gasteiger charge is 2.18. The van der Waals surface area contributed by atoms with E-state index in [-0.39, 0.29) is 0 Å². The van der Waals surface area contributed by atoms with Crippen LogP contribution in [0.25, 0.3) is 55.3 Å². The molecule has 0 atom stereocenters. The Balaban J connectivity index is 1.29. The third-order valence-electron chi connectivity index (χ3n) is 9.54. The second-order valence-electron chi connectivity index (χ2n) is 12.7. The molecule has 0 unspecified atom stereocenters. The van der Waals surface area contributed by atoms with Crippen LogP contribution in [0, 0.1) is 13.8 Å². The van der Waals surface area contributed by atoms with Crippen LogP contribution in [0.4, 0.5) is 17.1 Å². The summed E-state index contributed by atoms with van der Waals surface area (Å²) in [4.78, 5) is 2.39. The van der Waals surface area contributed by atoms with Crippen molar-refractivity contribution in [1.29, 1.82) is 0 Å². The number of hydrogen-bond acceptors (Lipinski definition) is 1. The zero-order chi connectivity index (χ0) is 33.2. The first-order chi connectivity index (χ1) is 24.1. The number of benzene rings is 8. The molecular weight excluding hydrogens is 591 g/mol. The van der Waals surface area contributed by atoms with Crippen LogP contribution >= 0.6 is 0 Å². The minimum absolute atomic E-state index is 1.11. The molecular formula is C48H37N. The number of aryl methyl sites for hydroxylation is 2. The summed E-state index contributed by atoms with van der Waals surface area (Å²) in [6.45, 7) is 4.41. The Hall–Kier alpha value is -6.18. The van der Waals surface area contributed by atoms with Crippen molar-refractivity contribution in [3.05, 3.63) is 199 Å². The van der Waals surface area contributed by atoms with Crippen LogP contribution < -0.4 is 4.90 Å². The van der Waals surface area contributed by atoms with Crippen molar-refractivity contribution < 1.29 is 0 Å². The predicted octanol–water partition coefficient (Wildman–Crippen LogP) is 13.6. The fourth-order valence-electron chi connectivity index (χ4n) is 6.98. The van der Waals surface area contributed by atoms with E-state index in [1.807, 2.05) is 0 Å². The zero-order valence-corrected chi connectivity index (χ0v) is 27.8. The van der Waals surface area contributed by atoms with E-state index in [2.05, 4.69) is 207 Å². The highest BCUT2D eigenvalue weighted by molar-refractivity contribution is 5.93. The van der Waals surface area contributed by atoms with Crippen molar-refractivity contribution >= 4 is 27.8 Å². The highest BCUT2D eigenvalue weighted by Crippen LogP contribution is 2.42. The van der Waals surface area contributed by atoms with Gasteiger partial charge in [-0.25, -0.2) is 0 Å². The van der Waals surface area contributed by atoms with Gasteiger partial charge in [-0.2, -0.15) is 0 Å². The lowest BCUT2D eigenvalue weighted by atomic mass is 9.92. The summed E-state index contributed by atoms with van der Waals surface area (Å²) in [7, 11) is 0. The van der Waals surface area contributed by atoms with Crippen LogP contribution in [0.3, 0.4) is 0 Å². The molecule has 0 aliphatic carbocycles. The monoisotopic (exact) mass is 627 g/mol. The topological polar surface area (TPSA) is 3.24 Å². The molecule has 0 radical (unpaired) electrons. The molecule has 0 fully saturated rings. The molecule has 49 heavy (non-hydrogen) atoms. The highest BCUT2D eigenvalue weighted by atomic mass is 15.1. The molecule has 0 N–H and O–H groups in total. The molecule has 0 bridgehead atoms. The van der Waals surface area contributed by atoms with E-state index < -0.39 is 0 Å². The van der Waals surface area contributed by atoms with Gasteiger partial charge in [-0.15, -0.1) is 0 Å². The van der Waals surface area contributed by atoms with Crippen molar-refractivity contribution in [2.45, 2.75) is 13.8 Å². The van der Waals surface area contributed by atoms with Crippen molar-refractivity contribution in [3.8, 4) is 44.5 Å². The molecule has 8 aromatic rings. The van der Waals surface area contributed by atoms with Gasteiger partial charge in [0.1, 0.15) is 0 Å². The van der Waals surface area contributed by atoms with E-state index in [0.29, 0.717) is 0 Å². The SMILES string of the molecule is Cc1ccccc1-c1ccc(N(c2ccc(-c3ccccc3)cc2)c2ccc(-c3ccc4ccccc4c3)c(-c3ccccc3)c2)cc1C. The Bertz CT molecular complexity index is 2390. The van der Waals surface area contributed by atoms with Crippen molar-refractivity contribution in [1.82, 2.24) is 0 Å². The average Bonchev–Trinajstić information content (AvgIpc) is 3.16. The number of nitrogens with zero attached hydrogens (tertiary/aromatic N) is 1. The normalized spacial score (nSPS) is 11.1. The molecule has 1 heteroatoms. The minimum Gasteiger partial charge on any atom is -0.310 e. The summed E-state index contributed by atoms with van der Waals surface area (Å²) in [6.07, 6.45) is 0. The Kier molecular flexibility index (Phi) is 8.09. The zero-order valence-electron chi connectivity index (χ0n) is 27.8. The quantitative estimate of drug-likeness (QED) is 0.170. The lowest BCUT2D eigenvalue weighted by molar-refractivity contribution is 1.27. The summed E-state index contributed by atoms with van der Waals surface area (Å²) < 4.78 is 0. The fourth-order valence-corrected chi connectivity index (χ4v) is 6.98. The van der Waals surface area contributed by atoms with Gasteiger partial charge in [0.25, 0.3) is 0 Å². The molecule has 0 aliphatic heterocycles. The van der Waals surface area contributed by atoms with E-state index in [9.17, 15) is 0 Å². The van der Waals surface area contributed by atoms with Crippen LogP contribution in [0.1, 0.15) is 11.1 Å². The van der Waals surface area contributed by atoms with Crippen LogP contribution in [0.15, 0.2) is 188 Å². The molecule has 8 aromatic carbocycles. The van der Waals surface area contributed by atoms with Crippen LogP contribution in [0.5, 0.6) is 0 Å². The molecule has 8 rings (SSSR count).